The number of aryl methyl sites for hydroxylation is 1. The van der Waals surface area contributed by atoms with Gasteiger partial charge in [0.25, 0.3) is 0 Å². The standard InChI is InChI=1S/C12H18BrNO/c1-2-4-12(15)6-3-5-10-7-11(13)9-14-8-10/h7-9,12,15H,2-6H2,1H3. The average molecular weight is 272 g/mol. The first-order chi connectivity index (χ1) is 7.22. The molecule has 0 fully saturated rings. The molecule has 1 unspecified atom stereocenters. The summed E-state index contributed by atoms with van der Waals surface area (Å²) in [4.78, 5) is 4.11. The third kappa shape index (κ3) is 5.28. The molecule has 1 aromatic heterocycles. The number of halogens is 1. The molecule has 2 nitrogen and oxygen atoms in total. The first-order valence-corrected chi connectivity index (χ1v) is 6.29. The van der Waals surface area contributed by atoms with Crippen LogP contribution in [0.25, 0.3) is 0 Å². The number of aliphatic hydroxyl groups excluding tert-OH is 1. The van der Waals surface area contributed by atoms with Crippen LogP contribution in [0.15, 0.2) is 22.9 Å². The molecule has 1 rings (SSSR count). The summed E-state index contributed by atoms with van der Waals surface area (Å²) < 4.78 is 1.02. The van der Waals surface area contributed by atoms with Crippen LogP contribution < -0.4 is 0 Å². The maximum Gasteiger partial charge on any atom is 0.0540 e. The van der Waals surface area contributed by atoms with Crippen LogP contribution in [0.5, 0.6) is 0 Å². The summed E-state index contributed by atoms with van der Waals surface area (Å²) in [5.41, 5.74) is 1.23. The molecule has 1 atom stereocenters. The summed E-state index contributed by atoms with van der Waals surface area (Å²) in [6, 6.07) is 2.08. The second kappa shape index (κ2) is 6.96. The number of aliphatic hydroxyl groups is 1. The SMILES string of the molecule is CCCC(O)CCCc1cncc(Br)c1. The van der Waals surface area contributed by atoms with E-state index in [9.17, 15) is 5.11 Å². The first-order valence-electron chi connectivity index (χ1n) is 5.50. The molecule has 0 spiro atoms. The molecule has 0 aliphatic heterocycles. The molecule has 0 bridgehead atoms. The van der Waals surface area contributed by atoms with Crippen LogP contribution >= 0.6 is 15.9 Å². The van der Waals surface area contributed by atoms with Gasteiger partial charge in [-0.05, 0) is 53.2 Å². The van der Waals surface area contributed by atoms with Gasteiger partial charge in [0.1, 0.15) is 0 Å². The zero-order chi connectivity index (χ0) is 11.1. The normalized spacial score (nSPS) is 12.7. The molecular formula is C12H18BrNO. The molecule has 0 aliphatic carbocycles. The fraction of sp³-hybridized carbons (Fsp3) is 0.583. The number of nitrogens with zero attached hydrogens (tertiary/aromatic N) is 1. The Kier molecular flexibility index (Phi) is 5.88. The van der Waals surface area contributed by atoms with E-state index in [1.807, 2.05) is 6.20 Å². The van der Waals surface area contributed by atoms with Crippen molar-refractivity contribution in [3.05, 3.63) is 28.5 Å². The van der Waals surface area contributed by atoms with Crippen molar-refractivity contribution < 1.29 is 5.11 Å². The van der Waals surface area contributed by atoms with E-state index in [0.717, 1.165) is 36.6 Å². The van der Waals surface area contributed by atoms with Gasteiger partial charge in [-0.25, -0.2) is 0 Å². The third-order valence-corrected chi connectivity index (χ3v) is 2.82. The topological polar surface area (TPSA) is 33.1 Å². The van der Waals surface area contributed by atoms with Crippen molar-refractivity contribution in [3.8, 4) is 0 Å². The minimum atomic E-state index is -0.130. The Balaban J connectivity index is 2.25. The van der Waals surface area contributed by atoms with Gasteiger partial charge >= 0.3 is 0 Å². The number of aromatic nitrogens is 1. The third-order valence-electron chi connectivity index (χ3n) is 2.39. The van der Waals surface area contributed by atoms with Gasteiger partial charge in [0.15, 0.2) is 0 Å². The van der Waals surface area contributed by atoms with Crippen LogP contribution in [0.4, 0.5) is 0 Å². The Morgan fingerprint density at radius 2 is 2.20 bits per heavy atom. The van der Waals surface area contributed by atoms with Gasteiger partial charge in [-0.2, -0.15) is 0 Å². The van der Waals surface area contributed by atoms with Gasteiger partial charge in [0.05, 0.1) is 6.10 Å². The Hall–Kier alpha value is -0.410. The van der Waals surface area contributed by atoms with Gasteiger partial charge < -0.3 is 5.11 Å². The number of pyridine rings is 1. The molecule has 0 aromatic carbocycles. The largest absolute Gasteiger partial charge is 0.393 e. The van der Waals surface area contributed by atoms with Crippen molar-refractivity contribution in [3.63, 3.8) is 0 Å². The Bertz CT molecular complexity index is 291. The molecule has 0 saturated carbocycles. The highest BCUT2D eigenvalue weighted by molar-refractivity contribution is 9.10. The van der Waals surface area contributed by atoms with Crippen molar-refractivity contribution in [2.24, 2.45) is 0 Å². The molecule has 1 N–H and O–H groups in total. The molecule has 0 saturated heterocycles. The van der Waals surface area contributed by atoms with E-state index in [-0.39, 0.29) is 6.10 Å². The van der Waals surface area contributed by atoms with E-state index in [1.54, 1.807) is 6.20 Å². The highest BCUT2D eigenvalue weighted by Gasteiger charge is 2.02. The monoisotopic (exact) mass is 271 g/mol. The minimum absolute atomic E-state index is 0.130. The molecule has 3 heteroatoms. The number of hydrogen-bond donors (Lipinski definition) is 1. The summed E-state index contributed by atoms with van der Waals surface area (Å²) in [7, 11) is 0. The van der Waals surface area contributed by atoms with E-state index >= 15 is 0 Å². The maximum absolute atomic E-state index is 9.56. The molecule has 0 aliphatic rings. The van der Waals surface area contributed by atoms with E-state index in [1.165, 1.54) is 5.56 Å². The van der Waals surface area contributed by atoms with E-state index in [2.05, 4.69) is 33.9 Å². The first kappa shape index (κ1) is 12.7. The van der Waals surface area contributed by atoms with E-state index < -0.39 is 0 Å². The van der Waals surface area contributed by atoms with Gasteiger partial charge in [-0.3, -0.25) is 4.98 Å². The lowest BCUT2D eigenvalue weighted by Crippen LogP contribution is -2.05. The summed E-state index contributed by atoms with van der Waals surface area (Å²) in [5, 5.41) is 9.56. The van der Waals surface area contributed by atoms with Crippen LogP contribution in [0, 0.1) is 0 Å². The van der Waals surface area contributed by atoms with E-state index in [4.69, 9.17) is 0 Å². The van der Waals surface area contributed by atoms with Crippen molar-refractivity contribution in [1.82, 2.24) is 4.98 Å². The molecule has 15 heavy (non-hydrogen) atoms. The van der Waals surface area contributed by atoms with Crippen molar-refractivity contribution in [1.29, 1.82) is 0 Å². The molecule has 0 amide bonds. The highest BCUT2D eigenvalue weighted by Crippen LogP contribution is 2.13. The second-order valence-electron chi connectivity index (χ2n) is 3.85. The van der Waals surface area contributed by atoms with Crippen molar-refractivity contribution in [2.45, 2.75) is 45.1 Å². The quantitative estimate of drug-likeness (QED) is 0.861. The Morgan fingerprint density at radius 3 is 2.87 bits per heavy atom. The predicted molar refractivity (Wildman–Crippen MR) is 65.8 cm³/mol. The van der Waals surface area contributed by atoms with Crippen molar-refractivity contribution >= 4 is 15.9 Å². The molecule has 0 radical (unpaired) electrons. The van der Waals surface area contributed by atoms with Crippen LogP contribution in [0.3, 0.4) is 0 Å². The van der Waals surface area contributed by atoms with Gasteiger partial charge in [0.2, 0.25) is 0 Å². The predicted octanol–water partition coefficient (Wildman–Crippen LogP) is 3.33. The fourth-order valence-corrected chi connectivity index (χ4v) is 2.02. The maximum atomic E-state index is 9.56. The summed E-state index contributed by atoms with van der Waals surface area (Å²) in [5.74, 6) is 0. The zero-order valence-electron chi connectivity index (χ0n) is 9.12. The summed E-state index contributed by atoms with van der Waals surface area (Å²) in [6.07, 6.45) is 8.42. The van der Waals surface area contributed by atoms with E-state index in [0.29, 0.717) is 0 Å². The van der Waals surface area contributed by atoms with Crippen molar-refractivity contribution in [2.75, 3.05) is 0 Å². The molecular weight excluding hydrogens is 254 g/mol. The Morgan fingerprint density at radius 1 is 1.40 bits per heavy atom. The van der Waals surface area contributed by atoms with Gasteiger partial charge in [-0.15, -0.1) is 0 Å². The minimum Gasteiger partial charge on any atom is -0.393 e. The highest BCUT2D eigenvalue weighted by atomic mass is 79.9. The fourth-order valence-electron chi connectivity index (χ4n) is 1.61. The summed E-state index contributed by atoms with van der Waals surface area (Å²) in [6.45, 7) is 2.10. The average Bonchev–Trinajstić information content (AvgIpc) is 2.18. The summed E-state index contributed by atoms with van der Waals surface area (Å²) >= 11 is 3.40. The Labute approximate surface area is 99.9 Å². The van der Waals surface area contributed by atoms with Gasteiger partial charge in [-0.1, -0.05) is 13.3 Å². The smallest absolute Gasteiger partial charge is 0.0540 e. The number of hydrogen-bond acceptors (Lipinski definition) is 2. The molecule has 84 valence electrons. The van der Waals surface area contributed by atoms with Crippen LogP contribution in [-0.4, -0.2) is 16.2 Å². The lowest BCUT2D eigenvalue weighted by atomic mass is 10.1. The lowest BCUT2D eigenvalue weighted by molar-refractivity contribution is 0.151. The second-order valence-corrected chi connectivity index (χ2v) is 4.76. The molecule has 1 heterocycles. The zero-order valence-corrected chi connectivity index (χ0v) is 10.7. The lowest BCUT2D eigenvalue weighted by Gasteiger charge is -2.08. The van der Waals surface area contributed by atoms with Crippen LogP contribution in [0.1, 0.15) is 38.2 Å². The van der Waals surface area contributed by atoms with Crippen LogP contribution in [-0.2, 0) is 6.42 Å². The number of rotatable bonds is 6. The van der Waals surface area contributed by atoms with Gasteiger partial charge in [0, 0.05) is 16.9 Å². The molecule has 1 aromatic rings. The van der Waals surface area contributed by atoms with Crippen LogP contribution in [0.2, 0.25) is 0 Å².